The Morgan fingerprint density at radius 3 is 2.95 bits per heavy atom. The smallest absolute Gasteiger partial charge is 0.193 e. The average Bonchev–Trinajstić information content (AvgIpc) is 2.94. The van der Waals surface area contributed by atoms with E-state index in [-0.39, 0.29) is 5.43 Å². The van der Waals surface area contributed by atoms with Crippen LogP contribution in [0.15, 0.2) is 64.1 Å². The van der Waals surface area contributed by atoms with Crippen LogP contribution in [0.25, 0.3) is 33.3 Å². The van der Waals surface area contributed by atoms with Crippen molar-refractivity contribution >= 4 is 21.9 Å². The SMILES string of the molecule is O=c1cc(-c2cc3cc[nH]c3cn2)oc2ccccc12. The quantitative estimate of drug-likeness (QED) is 0.572. The maximum absolute atomic E-state index is 12.1. The molecule has 0 spiro atoms. The first-order chi connectivity index (χ1) is 9.81. The summed E-state index contributed by atoms with van der Waals surface area (Å²) < 4.78 is 5.78. The van der Waals surface area contributed by atoms with Gasteiger partial charge in [0.05, 0.1) is 17.1 Å². The van der Waals surface area contributed by atoms with Crippen molar-refractivity contribution in [2.75, 3.05) is 0 Å². The first kappa shape index (κ1) is 11.0. The standard InChI is InChI=1S/C16H10N2O2/c19-14-8-16(20-15-4-2-1-3-11(14)15)12-7-10-5-6-17-13(10)9-18-12/h1-9,17H. The summed E-state index contributed by atoms with van der Waals surface area (Å²) in [6.07, 6.45) is 3.59. The molecule has 0 amide bonds. The Bertz CT molecular complexity index is 982. The minimum Gasteiger partial charge on any atom is -0.454 e. The Labute approximate surface area is 113 Å². The molecule has 4 rings (SSSR count). The monoisotopic (exact) mass is 262 g/mol. The van der Waals surface area contributed by atoms with E-state index in [1.165, 1.54) is 6.07 Å². The number of nitrogens with one attached hydrogen (secondary N) is 1. The van der Waals surface area contributed by atoms with Crippen molar-refractivity contribution in [2.45, 2.75) is 0 Å². The molecule has 0 saturated heterocycles. The molecule has 3 aromatic heterocycles. The van der Waals surface area contributed by atoms with Crippen LogP contribution in [0.2, 0.25) is 0 Å². The van der Waals surface area contributed by atoms with Crippen molar-refractivity contribution in [1.82, 2.24) is 9.97 Å². The third-order valence-electron chi connectivity index (χ3n) is 3.32. The predicted octanol–water partition coefficient (Wildman–Crippen LogP) is 3.34. The molecule has 0 fully saturated rings. The fraction of sp³-hybridized carbons (Fsp3) is 0. The van der Waals surface area contributed by atoms with Gasteiger partial charge in [-0.25, -0.2) is 0 Å². The number of para-hydroxylation sites is 1. The van der Waals surface area contributed by atoms with Gasteiger partial charge < -0.3 is 9.40 Å². The second kappa shape index (κ2) is 4.06. The van der Waals surface area contributed by atoms with Crippen LogP contribution in [0, 0.1) is 0 Å². The lowest BCUT2D eigenvalue weighted by molar-refractivity contribution is 0.616. The number of pyridine rings is 1. The number of benzene rings is 1. The average molecular weight is 262 g/mol. The highest BCUT2D eigenvalue weighted by Crippen LogP contribution is 2.23. The van der Waals surface area contributed by atoms with E-state index in [1.54, 1.807) is 18.3 Å². The number of nitrogens with zero attached hydrogens (tertiary/aromatic N) is 1. The maximum atomic E-state index is 12.1. The van der Waals surface area contributed by atoms with E-state index >= 15 is 0 Å². The fourth-order valence-corrected chi connectivity index (χ4v) is 2.32. The van der Waals surface area contributed by atoms with Crippen LogP contribution >= 0.6 is 0 Å². The molecule has 1 aromatic carbocycles. The van der Waals surface area contributed by atoms with E-state index in [1.807, 2.05) is 30.5 Å². The Kier molecular flexibility index (Phi) is 2.23. The molecule has 1 N–H and O–H groups in total. The zero-order valence-electron chi connectivity index (χ0n) is 10.5. The normalized spacial score (nSPS) is 11.2. The minimum atomic E-state index is -0.0576. The highest BCUT2D eigenvalue weighted by molar-refractivity contribution is 5.83. The molecule has 4 heteroatoms. The van der Waals surface area contributed by atoms with Crippen molar-refractivity contribution in [1.29, 1.82) is 0 Å². The molecule has 96 valence electrons. The van der Waals surface area contributed by atoms with Crippen LogP contribution in [0.5, 0.6) is 0 Å². The first-order valence-electron chi connectivity index (χ1n) is 6.28. The minimum absolute atomic E-state index is 0.0576. The molecule has 0 aliphatic carbocycles. The summed E-state index contributed by atoms with van der Waals surface area (Å²) in [6.45, 7) is 0. The lowest BCUT2D eigenvalue weighted by atomic mass is 10.2. The lowest BCUT2D eigenvalue weighted by Crippen LogP contribution is -2.00. The van der Waals surface area contributed by atoms with Gasteiger partial charge in [-0.3, -0.25) is 9.78 Å². The van der Waals surface area contributed by atoms with E-state index in [0.717, 1.165) is 10.9 Å². The molecule has 0 bridgehead atoms. The van der Waals surface area contributed by atoms with Crippen LogP contribution in [0.3, 0.4) is 0 Å². The van der Waals surface area contributed by atoms with E-state index in [9.17, 15) is 4.79 Å². The summed E-state index contributed by atoms with van der Waals surface area (Å²) in [4.78, 5) is 19.5. The third-order valence-corrected chi connectivity index (χ3v) is 3.32. The number of hydrogen-bond acceptors (Lipinski definition) is 3. The Morgan fingerprint density at radius 1 is 1.10 bits per heavy atom. The van der Waals surface area contributed by atoms with Gasteiger partial charge in [-0.15, -0.1) is 0 Å². The van der Waals surface area contributed by atoms with E-state index in [2.05, 4.69) is 9.97 Å². The van der Waals surface area contributed by atoms with Crippen LogP contribution in [0.1, 0.15) is 0 Å². The topological polar surface area (TPSA) is 58.9 Å². The van der Waals surface area contributed by atoms with E-state index in [4.69, 9.17) is 4.42 Å². The Balaban J connectivity index is 1.99. The Morgan fingerprint density at radius 2 is 2.00 bits per heavy atom. The van der Waals surface area contributed by atoms with Crippen LogP contribution in [-0.2, 0) is 0 Å². The maximum Gasteiger partial charge on any atom is 0.193 e. The van der Waals surface area contributed by atoms with Gasteiger partial charge in [0.25, 0.3) is 0 Å². The number of fused-ring (bicyclic) bond motifs is 2. The molecular formula is C16H10N2O2. The van der Waals surface area contributed by atoms with Crippen LogP contribution in [0.4, 0.5) is 0 Å². The highest BCUT2D eigenvalue weighted by atomic mass is 16.3. The van der Waals surface area contributed by atoms with Crippen LogP contribution < -0.4 is 5.43 Å². The van der Waals surface area contributed by atoms with Gasteiger partial charge in [-0.1, -0.05) is 12.1 Å². The fourth-order valence-electron chi connectivity index (χ4n) is 2.32. The third kappa shape index (κ3) is 1.62. The molecule has 0 aliphatic rings. The first-order valence-corrected chi connectivity index (χ1v) is 6.28. The van der Waals surface area contributed by atoms with Crippen molar-refractivity contribution in [2.24, 2.45) is 0 Å². The summed E-state index contributed by atoms with van der Waals surface area (Å²) in [6, 6.07) is 12.6. The molecular weight excluding hydrogens is 252 g/mol. The van der Waals surface area contributed by atoms with E-state index in [0.29, 0.717) is 22.4 Å². The largest absolute Gasteiger partial charge is 0.454 e. The molecule has 0 unspecified atom stereocenters. The van der Waals surface area contributed by atoms with Gasteiger partial charge in [0.2, 0.25) is 0 Å². The van der Waals surface area contributed by atoms with Gasteiger partial charge in [-0.05, 0) is 24.3 Å². The van der Waals surface area contributed by atoms with Gasteiger partial charge >= 0.3 is 0 Å². The van der Waals surface area contributed by atoms with Gasteiger partial charge in [0, 0.05) is 17.6 Å². The second-order valence-electron chi connectivity index (χ2n) is 4.61. The number of hydrogen-bond donors (Lipinski definition) is 1. The highest BCUT2D eigenvalue weighted by Gasteiger charge is 2.08. The Hall–Kier alpha value is -2.88. The molecule has 3 heterocycles. The van der Waals surface area contributed by atoms with Gasteiger partial charge in [0.1, 0.15) is 11.3 Å². The van der Waals surface area contributed by atoms with E-state index < -0.39 is 0 Å². The number of H-pyrrole nitrogens is 1. The summed E-state index contributed by atoms with van der Waals surface area (Å²) in [5.74, 6) is 0.483. The number of aromatic amines is 1. The summed E-state index contributed by atoms with van der Waals surface area (Å²) >= 11 is 0. The zero-order chi connectivity index (χ0) is 13.5. The molecule has 4 aromatic rings. The summed E-state index contributed by atoms with van der Waals surface area (Å²) in [5.41, 5.74) is 2.13. The summed E-state index contributed by atoms with van der Waals surface area (Å²) in [5, 5.41) is 1.62. The number of aromatic nitrogens is 2. The molecule has 0 radical (unpaired) electrons. The summed E-state index contributed by atoms with van der Waals surface area (Å²) in [7, 11) is 0. The van der Waals surface area contributed by atoms with Crippen molar-refractivity contribution in [3.8, 4) is 11.5 Å². The van der Waals surface area contributed by atoms with Gasteiger partial charge in [-0.2, -0.15) is 0 Å². The van der Waals surface area contributed by atoms with Crippen molar-refractivity contribution < 1.29 is 4.42 Å². The van der Waals surface area contributed by atoms with Gasteiger partial charge in [0.15, 0.2) is 11.2 Å². The molecule has 0 atom stereocenters. The molecule has 4 nitrogen and oxygen atoms in total. The molecule has 0 saturated carbocycles. The van der Waals surface area contributed by atoms with Crippen molar-refractivity contribution in [3.63, 3.8) is 0 Å². The number of rotatable bonds is 1. The lowest BCUT2D eigenvalue weighted by Gasteiger charge is -2.02. The van der Waals surface area contributed by atoms with Crippen LogP contribution in [-0.4, -0.2) is 9.97 Å². The second-order valence-corrected chi connectivity index (χ2v) is 4.61. The van der Waals surface area contributed by atoms with Crippen molar-refractivity contribution in [3.05, 3.63) is 65.1 Å². The molecule has 0 aliphatic heterocycles. The molecule has 20 heavy (non-hydrogen) atoms. The predicted molar refractivity (Wildman–Crippen MR) is 77.6 cm³/mol. The zero-order valence-corrected chi connectivity index (χ0v) is 10.5.